The Balaban J connectivity index is 2.37. The largest absolute Gasteiger partial charge is 0.340 e. The topological polar surface area (TPSA) is 59.4 Å². The molecule has 1 saturated heterocycles. The lowest BCUT2D eigenvalue weighted by atomic mass is 10.2. The Labute approximate surface area is 130 Å². The maximum atomic E-state index is 12.7. The molecule has 1 aliphatic rings. The molecule has 2 rings (SSSR count). The van der Waals surface area contributed by atoms with Crippen LogP contribution in [0, 0.1) is 0 Å². The SMILES string of the molecule is CC(C)n1cc(S(=O)(=O)Cl)cc1C(=O)N1CCCCCC1. The number of carbonyl (C=O) groups excluding carboxylic acids is 1. The molecule has 0 bridgehead atoms. The smallest absolute Gasteiger partial charge is 0.270 e. The summed E-state index contributed by atoms with van der Waals surface area (Å²) in [4.78, 5) is 14.5. The quantitative estimate of drug-likeness (QED) is 0.799. The minimum Gasteiger partial charge on any atom is -0.340 e. The molecule has 21 heavy (non-hydrogen) atoms. The summed E-state index contributed by atoms with van der Waals surface area (Å²) in [5.41, 5.74) is 0.395. The molecule has 2 heterocycles. The zero-order valence-electron chi connectivity index (χ0n) is 12.4. The van der Waals surface area contributed by atoms with Gasteiger partial charge in [0.15, 0.2) is 0 Å². The molecule has 0 unspecified atom stereocenters. The van der Waals surface area contributed by atoms with Gasteiger partial charge in [-0.1, -0.05) is 12.8 Å². The van der Waals surface area contributed by atoms with Gasteiger partial charge in [-0.2, -0.15) is 0 Å². The third kappa shape index (κ3) is 3.80. The van der Waals surface area contributed by atoms with Crippen LogP contribution < -0.4 is 0 Å². The van der Waals surface area contributed by atoms with Crippen molar-refractivity contribution in [1.82, 2.24) is 9.47 Å². The van der Waals surface area contributed by atoms with Crippen LogP contribution >= 0.6 is 10.7 Å². The first-order chi connectivity index (χ1) is 9.80. The maximum Gasteiger partial charge on any atom is 0.270 e. The molecule has 5 nitrogen and oxygen atoms in total. The van der Waals surface area contributed by atoms with E-state index in [-0.39, 0.29) is 16.8 Å². The second-order valence-electron chi connectivity index (χ2n) is 5.71. The van der Waals surface area contributed by atoms with E-state index in [2.05, 4.69) is 0 Å². The van der Waals surface area contributed by atoms with Crippen LogP contribution in [0.3, 0.4) is 0 Å². The molecule has 118 valence electrons. The molecule has 0 N–H and O–H groups in total. The Morgan fingerprint density at radius 2 is 1.76 bits per heavy atom. The molecule has 1 aliphatic heterocycles. The molecule has 0 aromatic carbocycles. The van der Waals surface area contributed by atoms with E-state index in [1.54, 1.807) is 4.57 Å². The maximum absolute atomic E-state index is 12.7. The number of amides is 1. The number of carbonyl (C=O) groups is 1. The van der Waals surface area contributed by atoms with Crippen molar-refractivity contribution in [2.75, 3.05) is 13.1 Å². The van der Waals surface area contributed by atoms with Gasteiger partial charge < -0.3 is 9.47 Å². The van der Waals surface area contributed by atoms with E-state index in [1.807, 2.05) is 18.7 Å². The summed E-state index contributed by atoms with van der Waals surface area (Å²) in [6.07, 6.45) is 5.70. The van der Waals surface area contributed by atoms with Gasteiger partial charge in [0.05, 0.1) is 0 Å². The molecular weight excluding hydrogens is 312 g/mol. The Kier molecular flexibility index (Phi) is 4.99. The third-order valence-corrected chi connectivity index (χ3v) is 5.09. The standard InChI is InChI=1S/C14H21ClN2O3S/c1-11(2)17-10-12(21(15,19)20)9-13(17)14(18)16-7-5-3-4-6-8-16/h9-11H,3-8H2,1-2H3. The number of likely N-dealkylation sites (tertiary alicyclic amines) is 1. The zero-order valence-corrected chi connectivity index (χ0v) is 14.0. The van der Waals surface area contributed by atoms with Crippen LogP contribution in [-0.4, -0.2) is 36.9 Å². The molecule has 0 aliphatic carbocycles. The molecular formula is C14H21ClN2O3S. The summed E-state index contributed by atoms with van der Waals surface area (Å²) < 4.78 is 24.7. The van der Waals surface area contributed by atoms with Crippen LogP contribution in [0.15, 0.2) is 17.2 Å². The van der Waals surface area contributed by atoms with Gasteiger partial charge in [0.2, 0.25) is 0 Å². The number of hydrogen-bond donors (Lipinski definition) is 0. The number of nitrogens with zero attached hydrogens (tertiary/aromatic N) is 2. The van der Waals surface area contributed by atoms with Gasteiger partial charge in [-0.3, -0.25) is 4.79 Å². The van der Waals surface area contributed by atoms with Gasteiger partial charge in [0, 0.05) is 36.0 Å². The molecule has 1 fully saturated rings. The second kappa shape index (κ2) is 6.40. The fraction of sp³-hybridized carbons (Fsp3) is 0.643. The summed E-state index contributed by atoms with van der Waals surface area (Å²) in [5, 5.41) is 0. The lowest BCUT2D eigenvalue weighted by molar-refractivity contribution is 0.0749. The highest BCUT2D eigenvalue weighted by molar-refractivity contribution is 8.13. The molecule has 1 amide bonds. The van der Waals surface area contributed by atoms with Crippen molar-refractivity contribution in [3.05, 3.63) is 18.0 Å². The van der Waals surface area contributed by atoms with E-state index in [9.17, 15) is 13.2 Å². The fourth-order valence-corrected chi connectivity index (χ4v) is 3.37. The predicted octanol–water partition coefficient (Wildman–Crippen LogP) is 3.01. The summed E-state index contributed by atoms with van der Waals surface area (Å²) in [6.45, 7) is 5.27. The lowest BCUT2D eigenvalue weighted by Gasteiger charge is -2.22. The fourth-order valence-electron chi connectivity index (χ4n) is 2.62. The monoisotopic (exact) mass is 332 g/mol. The summed E-state index contributed by atoms with van der Waals surface area (Å²) in [5.74, 6) is -0.114. The number of rotatable bonds is 3. The molecule has 0 spiro atoms. The first-order valence-corrected chi connectivity index (χ1v) is 9.57. The van der Waals surface area contributed by atoms with Crippen molar-refractivity contribution in [3.63, 3.8) is 0 Å². The second-order valence-corrected chi connectivity index (χ2v) is 8.27. The first kappa shape index (κ1) is 16.4. The summed E-state index contributed by atoms with van der Waals surface area (Å²) in [7, 11) is 1.57. The van der Waals surface area contributed by atoms with Crippen molar-refractivity contribution in [2.24, 2.45) is 0 Å². The Morgan fingerprint density at radius 3 is 2.24 bits per heavy atom. The molecule has 0 radical (unpaired) electrons. The molecule has 0 saturated carbocycles. The average molecular weight is 333 g/mol. The van der Waals surface area contributed by atoms with E-state index < -0.39 is 9.05 Å². The van der Waals surface area contributed by atoms with Gasteiger partial charge in [0.1, 0.15) is 10.6 Å². The minimum atomic E-state index is -3.83. The van der Waals surface area contributed by atoms with E-state index in [0.29, 0.717) is 5.69 Å². The van der Waals surface area contributed by atoms with E-state index in [1.165, 1.54) is 12.3 Å². The van der Waals surface area contributed by atoms with Crippen molar-refractivity contribution in [1.29, 1.82) is 0 Å². The molecule has 1 aromatic heterocycles. The van der Waals surface area contributed by atoms with Crippen LogP contribution in [0.5, 0.6) is 0 Å². The molecule has 1 aromatic rings. The number of hydrogen-bond acceptors (Lipinski definition) is 3. The van der Waals surface area contributed by atoms with E-state index in [4.69, 9.17) is 10.7 Å². The lowest BCUT2D eigenvalue weighted by Crippen LogP contribution is -2.33. The minimum absolute atomic E-state index is 0.0110. The van der Waals surface area contributed by atoms with Crippen LogP contribution in [0.25, 0.3) is 0 Å². The highest BCUT2D eigenvalue weighted by atomic mass is 35.7. The van der Waals surface area contributed by atoms with Crippen LogP contribution in [0.1, 0.15) is 56.1 Å². The Bertz CT molecular complexity index is 614. The third-order valence-electron chi connectivity index (χ3n) is 3.77. The van der Waals surface area contributed by atoms with Crippen molar-refractivity contribution in [2.45, 2.75) is 50.5 Å². The number of aromatic nitrogens is 1. The van der Waals surface area contributed by atoms with E-state index >= 15 is 0 Å². The van der Waals surface area contributed by atoms with Gasteiger partial charge in [-0.05, 0) is 32.8 Å². The summed E-state index contributed by atoms with van der Waals surface area (Å²) >= 11 is 0. The average Bonchev–Trinajstić information content (AvgIpc) is 2.68. The van der Waals surface area contributed by atoms with Gasteiger partial charge >= 0.3 is 0 Å². The van der Waals surface area contributed by atoms with Gasteiger partial charge in [-0.15, -0.1) is 0 Å². The normalized spacial score (nSPS) is 17.0. The van der Waals surface area contributed by atoms with Crippen molar-refractivity contribution in [3.8, 4) is 0 Å². The Hall–Kier alpha value is -1.01. The predicted molar refractivity (Wildman–Crippen MR) is 82.2 cm³/mol. The highest BCUT2D eigenvalue weighted by Crippen LogP contribution is 2.24. The number of halogens is 1. The van der Waals surface area contributed by atoms with Crippen molar-refractivity contribution >= 4 is 25.6 Å². The van der Waals surface area contributed by atoms with Gasteiger partial charge in [-0.25, -0.2) is 8.42 Å². The van der Waals surface area contributed by atoms with E-state index in [0.717, 1.165) is 38.8 Å². The van der Waals surface area contributed by atoms with Crippen LogP contribution in [-0.2, 0) is 9.05 Å². The summed E-state index contributed by atoms with van der Waals surface area (Å²) in [6, 6.07) is 1.37. The van der Waals surface area contributed by atoms with Gasteiger partial charge in [0.25, 0.3) is 15.0 Å². The first-order valence-electron chi connectivity index (χ1n) is 7.26. The highest BCUT2D eigenvalue weighted by Gasteiger charge is 2.25. The Morgan fingerprint density at radius 1 is 1.19 bits per heavy atom. The van der Waals surface area contributed by atoms with Crippen molar-refractivity contribution < 1.29 is 13.2 Å². The molecule has 7 heteroatoms. The van der Waals surface area contributed by atoms with Crippen LogP contribution in [0.2, 0.25) is 0 Å². The molecule has 0 atom stereocenters. The van der Waals surface area contributed by atoms with Crippen LogP contribution in [0.4, 0.5) is 0 Å². The zero-order chi connectivity index (χ0) is 15.6.